The Labute approximate surface area is 95.5 Å². The minimum atomic E-state index is -4.47. The highest BCUT2D eigenvalue weighted by atomic mass is 19.4. The van der Waals surface area contributed by atoms with E-state index < -0.39 is 12.1 Å². The Hall–Kier alpha value is -1.62. The molecule has 5 nitrogen and oxygen atoms in total. The molecule has 2 heterocycles. The van der Waals surface area contributed by atoms with Crippen LogP contribution in [0.2, 0.25) is 0 Å². The average molecular weight is 245 g/mol. The number of rotatable bonds is 2. The summed E-state index contributed by atoms with van der Waals surface area (Å²) in [5, 5.41) is 16.0. The highest BCUT2D eigenvalue weighted by Crippen LogP contribution is 2.27. The minimum Gasteiger partial charge on any atom is -0.315 e. The van der Waals surface area contributed by atoms with Crippen LogP contribution in [0.5, 0.6) is 0 Å². The van der Waals surface area contributed by atoms with Crippen LogP contribution in [0.3, 0.4) is 0 Å². The van der Waals surface area contributed by atoms with Gasteiger partial charge in [-0.1, -0.05) is 0 Å². The number of halogens is 3. The molecule has 92 valence electrons. The Morgan fingerprint density at radius 3 is 2.88 bits per heavy atom. The molecule has 0 saturated heterocycles. The number of hydrogen-bond acceptors (Lipinski definition) is 4. The lowest BCUT2D eigenvalue weighted by molar-refractivity contribution is -0.164. The van der Waals surface area contributed by atoms with Crippen molar-refractivity contribution in [3.05, 3.63) is 12.2 Å². The van der Waals surface area contributed by atoms with Gasteiger partial charge in [0.25, 0.3) is 0 Å². The Morgan fingerprint density at radius 2 is 2.24 bits per heavy atom. The molecule has 0 aromatic carbocycles. The third kappa shape index (κ3) is 2.55. The second-order valence-electron chi connectivity index (χ2n) is 3.90. The van der Waals surface area contributed by atoms with Crippen molar-refractivity contribution in [2.45, 2.75) is 19.3 Å². The van der Waals surface area contributed by atoms with Gasteiger partial charge in [0, 0.05) is 19.6 Å². The van der Waals surface area contributed by atoms with Crippen molar-refractivity contribution < 1.29 is 13.2 Å². The lowest BCUT2D eigenvalue weighted by Crippen LogP contribution is -2.40. The van der Waals surface area contributed by atoms with E-state index in [4.69, 9.17) is 5.26 Å². The molecule has 1 aromatic rings. The molecule has 1 aliphatic heterocycles. The third-order valence-corrected chi connectivity index (χ3v) is 2.71. The van der Waals surface area contributed by atoms with Crippen molar-refractivity contribution in [2.75, 3.05) is 13.1 Å². The number of fused-ring (bicyclic) bond motifs is 1. The van der Waals surface area contributed by atoms with Gasteiger partial charge in [0.2, 0.25) is 0 Å². The van der Waals surface area contributed by atoms with Gasteiger partial charge in [-0.2, -0.15) is 18.4 Å². The Kier molecular flexibility index (Phi) is 3.02. The molecule has 17 heavy (non-hydrogen) atoms. The van der Waals surface area contributed by atoms with Crippen molar-refractivity contribution in [1.29, 1.82) is 5.26 Å². The van der Waals surface area contributed by atoms with Gasteiger partial charge in [-0.3, -0.25) is 4.90 Å². The van der Waals surface area contributed by atoms with Crippen molar-refractivity contribution in [1.82, 2.24) is 19.7 Å². The first-order chi connectivity index (χ1) is 8.00. The zero-order chi connectivity index (χ0) is 12.5. The lowest BCUT2D eigenvalue weighted by atomic mass is 10.1. The molecular formula is C9H10F3N5. The molecular weight excluding hydrogens is 235 g/mol. The molecule has 0 fully saturated rings. The summed E-state index contributed by atoms with van der Waals surface area (Å²) < 4.78 is 39.1. The van der Waals surface area contributed by atoms with Crippen LogP contribution in [0.1, 0.15) is 5.82 Å². The van der Waals surface area contributed by atoms with Crippen LogP contribution in [0.4, 0.5) is 13.2 Å². The summed E-state index contributed by atoms with van der Waals surface area (Å²) in [6, 6.07) is 1.30. The summed E-state index contributed by atoms with van der Waals surface area (Å²) in [5.74, 6) is -1.31. The molecule has 0 spiro atoms. The van der Waals surface area contributed by atoms with Crippen molar-refractivity contribution in [2.24, 2.45) is 5.92 Å². The SMILES string of the molecule is N#CC(CN1CCn2cnnc2C1)C(F)(F)F. The second kappa shape index (κ2) is 4.33. The van der Waals surface area contributed by atoms with Crippen molar-refractivity contribution in [3.63, 3.8) is 0 Å². The molecule has 1 unspecified atom stereocenters. The van der Waals surface area contributed by atoms with Crippen LogP contribution >= 0.6 is 0 Å². The first-order valence-electron chi connectivity index (χ1n) is 5.06. The topological polar surface area (TPSA) is 57.7 Å². The molecule has 8 heteroatoms. The van der Waals surface area contributed by atoms with Gasteiger partial charge in [0.1, 0.15) is 12.2 Å². The van der Waals surface area contributed by atoms with Gasteiger partial charge in [-0.25, -0.2) is 0 Å². The van der Waals surface area contributed by atoms with Gasteiger partial charge < -0.3 is 4.57 Å². The van der Waals surface area contributed by atoms with Crippen molar-refractivity contribution in [3.8, 4) is 6.07 Å². The van der Waals surface area contributed by atoms with E-state index in [-0.39, 0.29) is 6.54 Å². The fourth-order valence-corrected chi connectivity index (χ4v) is 1.75. The fraction of sp³-hybridized carbons (Fsp3) is 0.667. The van der Waals surface area contributed by atoms with Crippen LogP contribution in [0, 0.1) is 17.2 Å². The highest BCUT2D eigenvalue weighted by Gasteiger charge is 2.41. The molecule has 0 amide bonds. The maximum absolute atomic E-state index is 12.4. The van der Waals surface area contributed by atoms with E-state index >= 15 is 0 Å². The lowest BCUT2D eigenvalue weighted by Gasteiger charge is -2.28. The van der Waals surface area contributed by atoms with Gasteiger partial charge in [-0.15, -0.1) is 10.2 Å². The van der Waals surface area contributed by atoms with Gasteiger partial charge in [-0.05, 0) is 0 Å². The molecule has 0 saturated carbocycles. The Morgan fingerprint density at radius 1 is 1.47 bits per heavy atom. The maximum Gasteiger partial charge on any atom is 0.405 e. The normalized spacial score (nSPS) is 18.5. The molecule has 1 atom stereocenters. The molecule has 0 bridgehead atoms. The summed E-state index contributed by atoms with van der Waals surface area (Å²) >= 11 is 0. The zero-order valence-electron chi connectivity index (χ0n) is 8.85. The van der Waals surface area contributed by atoms with E-state index in [1.54, 1.807) is 15.8 Å². The number of nitriles is 1. The van der Waals surface area contributed by atoms with Crippen LogP contribution in [-0.4, -0.2) is 38.9 Å². The number of alkyl halides is 3. The summed E-state index contributed by atoms with van der Waals surface area (Å²) in [5.41, 5.74) is 0. The number of aromatic nitrogens is 3. The summed E-state index contributed by atoms with van der Waals surface area (Å²) in [6.07, 6.45) is -2.92. The largest absolute Gasteiger partial charge is 0.405 e. The molecule has 1 aromatic heterocycles. The molecule has 2 rings (SSSR count). The van der Waals surface area contributed by atoms with Crippen molar-refractivity contribution >= 4 is 0 Å². The van der Waals surface area contributed by atoms with Gasteiger partial charge in [0.15, 0.2) is 5.92 Å². The monoisotopic (exact) mass is 245 g/mol. The zero-order valence-corrected chi connectivity index (χ0v) is 8.85. The van der Waals surface area contributed by atoms with Gasteiger partial charge in [0.05, 0.1) is 12.6 Å². The molecule has 0 radical (unpaired) electrons. The van der Waals surface area contributed by atoms with E-state index in [2.05, 4.69) is 10.2 Å². The Bertz CT molecular complexity index is 433. The average Bonchev–Trinajstić information content (AvgIpc) is 2.71. The second-order valence-corrected chi connectivity index (χ2v) is 3.90. The summed E-state index contributed by atoms with van der Waals surface area (Å²) in [6.45, 7) is 1.01. The van der Waals surface area contributed by atoms with E-state index in [1.807, 2.05) is 0 Å². The smallest absolute Gasteiger partial charge is 0.315 e. The first kappa shape index (κ1) is 11.9. The van der Waals surface area contributed by atoms with E-state index in [0.29, 0.717) is 25.5 Å². The minimum absolute atomic E-state index is 0.300. The molecule has 0 N–H and O–H groups in total. The van der Waals surface area contributed by atoms with E-state index in [1.165, 1.54) is 6.07 Å². The summed E-state index contributed by atoms with van der Waals surface area (Å²) in [4.78, 5) is 1.57. The van der Waals surface area contributed by atoms with Crippen LogP contribution < -0.4 is 0 Å². The quantitative estimate of drug-likeness (QED) is 0.773. The van der Waals surface area contributed by atoms with Gasteiger partial charge >= 0.3 is 6.18 Å². The predicted molar refractivity (Wildman–Crippen MR) is 50.5 cm³/mol. The Balaban J connectivity index is 2.00. The standard InChI is InChI=1S/C9H10F3N5/c10-9(11,12)7(3-13)4-16-1-2-17-6-14-15-8(17)5-16/h6-7H,1-2,4-5H2. The van der Waals surface area contributed by atoms with Crippen LogP contribution in [-0.2, 0) is 13.1 Å². The maximum atomic E-state index is 12.4. The first-order valence-corrected chi connectivity index (χ1v) is 5.06. The third-order valence-electron chi connectivity index (χ3n) is 2.71. The number of nitrogens with zero attached hydrogens (tertiary/aromatic N) is 5. The highest BCUT2D eigenvalue weighted by molar-refractivity contribution is 4.95. The van der Waals surface area contributed by atoms with E-state index in [0.717, 1.165) is 0 Å². The number of hydrogen-bond donors (Lipinski definition) is 0. The summed E-state index contributed by atoms with van der Waals surface area (Å²) in [7, 11) is 0. The van der Waals surface area contributed by atoms with Crippen LogP contribution in [0.25, 0.3) is 0 Å². The fourth-order valence-electron chi connectivity index (χ4n) is 1.75. The predicted octanol–water partition coefficient (Wildman–Crippen LogP) is 0.796. The molecule has 0 aliphatic carbocycles. The van der Waals surface area contributed by atoms with E-state index in [9.17, 15) is 13.2 Å². The van der Waals surface area contributed by atoms with Crippen LogP contribution in [0.15, 0.2) is 6.33 Å². The molecule has 1 aliphatic rings.